The second-order valence-electron chi connectivity index (χ2n) is 5.36. The molecule has 0 atom stereocenters. The van der Waals surface area contributed by atoms with E-state index in [9.17, 15) is 19.7 Å². The Bertz CT molecular complexity index is 898. The number of nitrogens with zero attached hydrogens (tertiary/aromatic N) is 1. The molecule has 0 fully saturated rings. The number of aryl methyl sites for hydroxylation is 1. The highest BCUT2D eigenvalue weighted by atomic mass is 16.7. The van der Waals surface area contributed by atoms with E-state index in [2.05, 4.69) is 16.2 Å². The van der Waals surface area contributed by atoms with Crippen molar-refractivity contribution < 1.29 is 24.0 Å². The predicted octanol–water partition coefficient (Wildman–Crippen LogP) is 2.10. The topological polar surface area (TPSA) is 132 Å². The van der Waals surface area contributed by atoms with E-state index in [4.69, 9.17) is 9.47 Å². The van der Waals surface area contributed by atoms with Crippen molar-refractivity contribution in [3.05, 3.63) is 57.6 Å². The molecule has 26 heavy (non-hydrogen) atoms. The van der Waals surface area contributed by atoms with Gasteiger partial charge in [0.25, 0.3) is 11.6 Å². The van der Waals surface area contributed by atoms with Gasteiger partial charge in [-0.2, -0.15) is 0 Å². The number of urea groups is 1. The van der Waals surface area contributed by atoms with Crippen LogP contribution in [-0.2, 0) is 0 Å². The summed E-state index contributed by atoms with van der Waals surface area (Å²) >= 11 is 0. The highest BCUT2D eigenvalue weighted by Gasteiger charge is 2.16. The van der Waals surface area contributed by atoms with Gasteiger partial charge in [-0.15, -0.1) is 0 Å². The molecule has 1 heterocycles. The Morgan fingerprint density at radius 3 is 2.58 bits per heavy atom. The minimum absolute atomic E-state index is 0.0879. The number of ether oxygens (including phenoxy) is 2. The number of nitro benzene ring substituents is 1. The molecule has 0 spiro atoms. The first-order valence-corrected chi connectivity index (χ1v) is 7.46. The lowest BCUT2D eigenvalue weighted by molar-refractivity contribution is -0.385. The summed E-state index contributed by atoms with van der Waals surface area (Å²) in [5.74, 6) is 0.481. The number of hydrazine groups is 1. The molecular weight excluding hydrogens is 344 g/mol. The third-order valence-corrected chi connectivity index (χ3v) is 3.58. The zero-order valence-corrected chi connectivity index (χ0v) is 13.6. The van der Waals surface area contributed by atoms with Gasteiger partial charge in [-0.3, -0.25) is 20.3 Å². The average Bonchev–Trinajstić information content (AvgIpc) is 3.07. The minimum atomic E-state index is -0.671. The molecule has 0 radical (unpaired) electrons. The van der Waals surface area contributed by atoms with Crippen LogP contribution in [0.3, 0.4) is 0 Å². The second kappa shape index (κ2) is 6.97. The predicted molar refractivity (Wildman–Crippen MR) is 90.0 cm³/mol. The van der Waals surface area contributed by atoms with Gasteiger partial charge in [0.05, 0.1) is 4.92 Å². The number of carbonyl (C=O) groups is 2. The molecule has 0 aliphatic carbocycles. The Morgan fingerprint density at radius 1 is 1.08 bits per heavy atom. The second-order valence-corrected chi connectivity index (χ2v) is 5.36. The van der Waals surface area contributed by atoms with Gasteiger partial charge in [-0.05, 0) is 31.2 Å². The molecule has 2 aromatic rings. The quantitative estimate of drug-likeness (QED) is 0.569. The van der Waals surface area contributed by atoms with E-state index in [-0.39, 0.29) is 18.0 Å². The monoisotopic (exact) mass is 358 g/mol. The lowest BCUT2D eigenvalue weighted by atomic mass is 10.1. The first kappa shape index (κ1) is 17.0. The summed E-state index contributed by atoms with van der Waals surface area (Å²) in [6.07, 6.45) is 0. The molecule has 2 aromatic carbocycles. The zero-order valence-electron chi connectivity index (χ0n) is 13.6. The number of amides is 3. The molecule has 0 saturated heterocycles. The number of benzene rings is 2. The maximum absolute atomic E-state index is 12.0. The molecule has 3 amide bonds. The summed E-state index contributed by atoms with van der Waals surface area (Å²) in [6, 6.07) is 8.09. The van der Waals surface area contributed by atoms with Crippen LogP contribution < -0.4 is 25.6 Å². The molecule has 0 aromatic heterocycles. The van der Waals surface area contributed by atoms with Gasteiger partial charge in [0.2, 0.25) is 6.79 Å². The highest BCUT2D eigenvalue weighted by molar-refractivity contribution is 5.97. The third kappa shape index (κ3) is 3.64. The van der Waals surface area contributed by atoms with Crippen LogP contribution in [0, 0.1) is 17.0 Å². The average molecular weight is 358 g/mol. The standard InChI is InChI=1S/C16H14N4O6/c1-9-6-10(2-4-12(9)20(23)24)15(21)18-19-16(22)17-11-3-5-13-14(7-11)26-8-25-13/h2-7H,8H2,1H3,(H,18,21)(H2,17,19,22). The lowest BCUT2D eigenvalue weighted by Crippen LogP contribution is -2.43. The van der Waals surface area contributed by atoms with Crippen LogP contribution in [0.1, 0.15) is 15.9 Å². The SMILES string of the molecule is Cc1cc(C(=O)NNC(=O)Nc2ccc3c(c2)OCO3)ccc1[N+](=O)[O-]. The van der Waals surface area contributed by atoms with E-state index in [0.717, 1.165) is 0 Å². The smallest absolute Gasteiger partial charge is 0.337 e. The first-order valence-electron chi connectivity index (χ1n) is 7.46. The Morgan fingerprint density at radius 2 is 1.85 bits per heavy atom. The summed E-state index contributed by atoms with van der Waals surface area (Å²) in [5, 5.41) is 13.3. The van der Waals surface area contributed by atoms with Gasteiger partial charge in [-0.25, -0.2) is 10.2 Å². The molecule has 3 N–H and O–H groups in total. The van der Waals surface area contributed by atoms with E-state index in [0.29, 0.717) is 22.7 Å². The minimum Gasteiger partial charge on any atom is -0.454 e. The maximum atomic E-state index is 12.0. The number of anilines is 1. The van der Waals surface area contributed by atoms with Crippen molar-refractivity contribution in [3.8, 4) is 11.5 Å². The van der Waals surface area contributed by atoms with E-state index < -0.39 is 16.9 Å². The van der Waals surface area contributed by atoms with Gasteiger partial charge in [-0.1, -0.05) is 0 Å². The molecule has 0 bridgehead atoms. The van der Waals surface area contributed by atoms with E-state index in [1.54, 1.807) is 18.2 Å². The maximum Gasteiger partial charge on any atom is 0.337 e. The van der Waals surface area contributed by atoms with Crippen molar-refractivity contribution in [2.45, 2.75) is 6.92 Å². The molecule has 134 valence electrons. The molecule has 10 nitrogen and oxygen atoms in total. The summed E-state index contributed by atoms with van der Waals surface area (Å²) < 4.78 is 10.4. The van der Waals surface area contributed by atoms with E-state index in [1.807, 2.05) is 0 Å². The largest absolute Gasteiger partial charge is 0.454 e. The highest BCUT2D eigenvalue weighted by Crippen LogP contribution is 2.34. The van der Waals surface area contributed by atoms with Crippen molar-refractivity contribution in [1.82, 2.24) is 10.9 Å². The Balaban J connectivity index is 1.56. The summed E-state index contributed by atoms with van der Waals surface area (Å²) in [4.78, 5) is 34.1. The summed E-state index contributed by atoms with van der Waals surface area (Å²) in [6.45, 7) is 1.64. The fourth-order valence-corrected chi connectivity index (χ4v) is 2.32. The number of carbonyl (C=O) groups excluding carboxylic acids is 2. The zero-order chi connectivity index (χ0) is 18.7. The fourth-order valence-electron chi connectivity index (χ4n) is 2.32. The van der Waals surface area contributed by atoms with E-state index >= 15 is 0 Å². The number of fused-ring (bicyclic) bond motifs is 1. The van der Waals surface area contributed by atoms with Crippen molar-refractivity contribution in [1.29, 1.82) is 0 Å². The summed E-state index contributed by atoms with van der Waals surface area (Å²) in [5.41, 5.74) is 5.30. The van der Waals surface area contributed by atoms with Gasteiger partial charge >= 0.3 is 6.03 Å². The van der Waals surface area contributed by atoms with Crippen molar-refractivity contribution in [2.24, 2.45) is 0 Å². The van der Waals surface area contributed by atoms with Crippen LogP contribution >= 0.6 is 0 Å². The number of rotatable bonds is 3. The van der Waals surface area contributed by atoms with Crippen molar-refractivity contribution >= 4 is 23.3 Å². The van der Waals surface area contributed by atoms with Gasteiger partial charge in [0, 0.05) is 28.9 Å². The van der Waals surface area contributed by atoms with Crippen LogP contribution in [0.25, 0.3) is 0 Å². The normalized spacial score (nSPS) is 11.6. The Hall–Kier alpha value is -3.82. The third-order valence-electron chi connectivity index (χ3n) is 3.58. The lowest BCUT2D eigenvalue weighted by Gasteiger charge is -2.10. The van der Waals surface area contributed by atoms with Crippen molar-refractivity contribution in [3.63, 3.8) is 0 Å². The first-order chi connectivity index (χ1) is 12.4. The summed E-state index contributed by atoms with van der Waals surface area (Å²) in [7, 11) is 0. The number of nitrogens with one attached hydrogen (secondary N) is 3. The number of nitro groups is 1. The molecule has 3 rings (SSSR count). The van der Waals surface area contributed by atoms with Crippen LogP contribution in [0.2, 0.25) is 0 Å². The van der Waals surface area contributed by atoms with Crippen LogP contribution in [0.15, 0.2) is 36.4 Å². The molecule has 10 heteroatoms. The molecular formula is C16H14N4O6. The molecule has 1 aliphatic rings. The number of hydrogen-bond acceptors (Lipinski definition) is 6. The van der Waals surface area contributed by atoms with Crippen LogP contribution in [-0.4, -0.2) is 23.7 Å². The van der Waals surface area contributed by atoms with Gasteiger partial charge in [0.1, 0.15) is 0 Å². The molecule has 1 aliphatic heterocycles. The molecule has 0 saturated carbocycles. The van der Waals surface area contributed by atoms with E-state index in [1.165, 1.54) is 25.1 Å². The Kier molecular flexibility index (Phi) is 4.56. The Labute approximate surface area is 147 Å². The van der Waals surface area contributed by atoms with Crippen LogP contribution in [0.5, 0.6) is 11.5 Å². The van der Waals surface area contributed by atoms with Crippen LogP contribution in [0.4, 0.5) is 16.2 Å². The van der Waals surface area contributed by atoms with Gasteiger partial charge in [0.15, 0.2) is 11.5 Å². The fraction of sp³-hybridized carbons (Fsp3) is 0.125. The molecule has 0 unspecified atom stereocenters. The number of hydrogen-bond donors (Lipinski definition) is 3. The van der Waals surface area contributed by atoms with Crippen molar-refractivity contribution in [2.75, 3.05) is 12.1 Å². The van der Waals surface area contributed by atoms with Gasteiger partial charge < -0.3 is 14.8 Å².